The molecule has 1 aromatic heterocycles. The molecule has 1 aliphatic heterocycles. The van der Waals surface area contributed by atoms with Crippen LogP contribution < -0.4 is 11.1 Å². The zero-order valence-corrected chi connectivity index (χ0v) is 15.2. The minimum atomic E-state index is -0.493. The lowest BCUT2D eigenvalue weighted by atomic mass is 9.83. The number of thiophene rings is 1. The lowest BCUT2D eigenvalue weighted by Gasteiger charge is -2.42. The number of aliphatic hydroxyl groups is 1. The van der Waals surface area contributed by atoms with Gasteiger partial charge in [0.25, 0.3) is 0 Å². The van der Waals surface area contributed by atoms with Crippen LogP contribution in [0.4, 0.5) is 0 Å². The summed E-state index contributed by atoms with van der Waals surface area (Å²) in [6.45, 7) is 1.67. The van der Waals surface area contributed by atoms with Crippen LogP contribution in [-0.2, 0) is 0 Å². The maximum absolute atomic E-state index is 12.0. The highest BCUT2D eigenvalue weighted by Crippen LogP contribution is 2.42. The highest BCUT2D eigenvalue weighted by Gasteiger charge is 2.35. The van der Waals surface area contributed by atoms with Crippen LogP contribution in [0.15, 0.2) is 18.0 Å². The summed E-state index contributed by atoms with van der Waals surface area (Å²) in [5.74, 6) is -0.0666. The molecule has 1 fully saturated rings. The average molecular weight is 358 g/mol. The molecular weight excluding hydrogens is 334 g/mol. The van der Waals surface area contributed by atoms with Gasteiger partial charge >= 0.3 is 0 Å². The quantitative estimate of drug-likeness (QED) is 0.704. The summed E-state index contributed by atoms with van der Waals surface area (Å²) in [5, 5.41) is 12.2. The molecule has 0 saturated carbocycles. The fourth-order valence-corrected chi connectivity index (χ4v) is 4.63. The molecule has 128 valence electrons. The van der Waals surface area contributed by atoms with Gasteiger partial charge in [-0.1, -0.05) is 11.6 Å². The second-order valence-electron chi connectivity index (χ2n) is 6.04. The van der Waals surface area contributed by atoms with Gasteiger partial charge in [0, 0.05) is 35.4 Å². The Labute approximate surface area is 146 Å². The third-order valence-electron chi connectivity index (χ3n) is 4.56. The van der Waals surface area contributed by atoms with Crippen LogP contribution in [0.1, 0.15) is 40.9 Å². The number of hydrogen-bond acceptors (Lipinski definition) is 6. The molecule has 1 saturated heterocycles. The van der Waals surface area contributed by atoms with E-state index in [0.29, 0.717) is 15.9 Å². The molecule has 7 heteroatoms. The van der Waals surface area contributed by atoms with Crippen molar-refractivity contribution < 1.29 is 9.90 Å². The van der Waals surface area contributed by atoms with E-state index in [1.165, 1.54) is 11.3 Å². The van der Waals surface area contributed by atoms with Gasteiger partial charge in [-0.25, -0.2) is 0 Å². The monoisotopic (exact) mass is 357 g/mol. The number of carbonyl (C=O) groups is 1. The first-order valence-corrected chi connectivity index (χ1v) is 8.86. The Hall–Kier alpha value is -1.08. The van der Waals surface area contributed by atoms with Crippen molar-refractivity contribution in [3.63, 3.8) is 0 Å². The van der Waals surface area contributed by atoms with Gasteiger partial charge in [0.05, 0.1) is 10.4 Å². The number of rotatable bonds is 5. The summed E-state index contributed by atoms with van der Waals surface area (Å²) in [5.41, 5.74) is 7.54. The van der Waals surface area contributed by atoms with E-state index < -0.39 is 6.61 Å². The Morgan fingerprint density at radius 2 is 2.30 bits per heavy atom. The van der Waals surface area contributed by atoms with E-state index in [0.717, 1.165) is 23.4 Å². The SMILES string of the molecule is CN/C=C(\N)C1CC(c2sc(Cl)cc2C(=O)CO)CC(C)N1C. The molecule has 2 rings (SSSR count). The summed E-state index contributed by atoms with van der Waals surface area (Å²) < 4.78 is 0.582. The van der Waals surface area contributed by atoms with E-state index in [1.54, 1.807) is 6.07 Å². The molecule has 4 N–H and O–H groups in total. The van der Waals surface area contributed by atoms with Crippen LogP contribution in [0, 0.1) is 0 Å². The standard InChI is InChI=1S/C16H24ClN3O2S/c1-9-4-10(5-13(20(9)3)12(18)7-19-2)16-11(14(22)8-21)6-15(17)23-16/h6-7,9-10,13,19,21H,4-5,8,18H2,1-3H3/b12-7-. The minimum absolute atomic E-state index is 0.106. The Morgan fingerprint density at radius 3 is 2.91 bits per heavy atom. The third kappa shape index (κ3) is 3.88. The highest BCUT2D eigenvalue weighted by molar-refractivity contribution is 7.16. The fourth-order valence-electron chi connectivity index (χ4n) is 3.25. The molecule has 1 aromatic rings. The second-order valence-corrected chi connectivity index (χ2v) is 7.76. The number of halogens is 1. The smallest absolute Gasteiger partial charge is 0.189 e. The van der Waals surface area contributed by atoms with Gasteiger partial charge in [0.15, 0.2) is 5.78 Å². The van der Waals surface area contributed by atoms with Crippen molar-refractivity contribution >= 4 is 28.7 Å². The first-order chi connectivity index (χ1) is 10.9. The Morgan fingerprint density at radius 1 is 1.61 bits per heavy atom. The normalized spacial score (nSPS) is 26.3. The number of hydrogen-bond donors (Lipinski definition) is 3. The topological polar surface area (TPSA) is 78.6 Å². The zero-order chi connectivity index (χ0) is 17.1. The van der Waals surface area contributed by atoms with Gasteiger partial charge in [0.2, 0.25) is 0 Å². The van der Waals surface area contributed by atoms with Gasteiger partial charge in [-0.05, 0) is 38.8 Å². The average Bonchev–Trinajstić information content (AvgIpc) is 2.91. The van der Waals surface area contributed by atoms with Crippen molar-refractivity contribution in [1.82, 2.24) is 10.2 Å². The van der Waals surface area contributed by atoms with Crippen molar-refractivity contribution in [2.45, 2.75) is 37.8 Å². The number of piperidine rings is 1. The fraction of sp³-hybridized carbons (Fsp3) is 0.562. The maximum Gasteiger partial charge on any atom is 0.189 e. The van der Waals surface area contributed by atoms with Crippen molar-refractivity contribution in [3.05, 3.63) is 32.7 Å². The van der Waals surface area contributed by atoms with Crippen LogP contribution in [-0.4, -0.2) is 48.6 Å². The van der Waals surface area contributed by atoms with Crippen molar-refractivity contribution in [2.24, 2.45) is 5.73 Å². The lowest BCUT2D eigenvalue weighted by molar-refractivity contribution is 0.0900. The molecule has 0 bridgehead atoms. The van der Waals surface area contributed by atoms with Crippen molar-refractivity contribution in [1.29, 1.82) is 0 Å². The number of likely N-dealkylation sites (tertiary alicyclic amines) is 1. The summed E-state index contributed by atoms with van der Waals surface area (Å²) in [6, 6.07) is 2.11. The minimum Gasteiger partial charge on any atom is -0.400 e. The summed E-state index contributed by atoms with van der Waals surface area (Å²) in [6.07, 6.45) is 3.58. The molecule has 1 aliphatic rings. The summed E-state index contributed by atoms with van der Waals surface area (Å²) in [7, 11) is 3.90. The van der Waals surface area contributed by atoms with E-state index in [4.69, 9.17) is 17.3 Å². The highest BCUT2D eigenvalue weighted by atomic mass is 35.5. The first kappa shape index (κ1) is 18.3. The second kappa shape index (κ2) is 7.66. The van der Waals surface area contributed by atoms with Crippen molar-refractivity contribution in [2.75, 3.05) is 20.7 Å². The molecule has 23 heavy (non-hydrogen) atoms. The number of aliphatic hydroxyl groups excluding tert-OH is 1. The largest absolute Gasteiger partial charge is 0.400 e. The molecule has 0 amide bonds. The van der Waals surface area contributed by atoms with Gasteiger partial charge in [-0.15, -0.1) is 11.3 Å². The third-order valence-corrected chi connectivity index (χ3v) is 5.99. The maximum atomic E-state index is 12.0. The molecule has 3 atom stereocenters. The Bertz CT molecular complexity index is 602. The van der Waals surface area contributed by atoms with Gasteiger partial charge in [0.1, 0.15) is 6.61 Å². The molecule has 3 unspecified atom stereocenters. The number of carbonyl (C=O) groups excluding carboxylic acids is 1. The van der Waals surface area contributed by atoms with E-state index in [9.17, 15) is 9.90 Å². The molecule has 0 spiro atoms. The zero-order valence-electron chi connectivity index (χ0n) is 13.7. The van der Waals surface area contributed by atoms with E-state index in [2.05, 4.69) is 24.2 Å². The van der Waals surface area contributed by atoms with E-state index >= 15 is 0 Å². The molecule has 0 aromatic carbocycles. The Kier molecular flexibility index (Phi) is 6.08. The molecule has 5 nitrogen and oxygen atoms in total. The number of ketones is 1. The van der Waals surface area contributed by atoms with Crippen LogP contribution >= 0.6 is 22.9 Å². The predicted octanol–water partition coefficient (Wildman–Crippen LogP) is 2.16. The van der Waals surface area contributed by atoms with Gasteiger partial charge in [-0.3, -0.25) is 9.69 Å². The van der Waals surface area contributed by atoms with E-state index in [-0.39, 0.29) is 17.7 Å². The number of Topliss-reactive ketones (excluding diaryl/α,β-unsaturated/α-hetero) is 1. The number of nitrogens with one attached hydrogen (secondary N) is 1. The van der Waals surface area contributed by atoms with Crippen LogP contribution in [0.25, 0.3) is 0 Å². The van der Waals surface area contributed by atoms with Crippen molar-refractivity contribution in [3.8, 4) is 0 Å². The number of likely N-dealkylation sites (N-methyl/N-ethyl adjacent to an activating group) is 1. The number of nitrogens with two attached hydrogens (primary N) is 1. The molecule has 0 radical (unpaired) electrons. The van der Waals surface area contributed by atoms with Crippen LogP contribution in [0.2, 0.25) is 4.34 Å². The number of nitrogens with zero attached hydrogens (tertiary/aromatic N) is 1. The summed E-state index contributed by atoms with van der Waals surface area (Å²) in [4.78, 5) is 15.2. The summed E-state index contributed by atoms with van der Waals surface area (Å²) >= 11 is 7.56. The van der Waals surface area contributed by atoms with Gasteiger partial charge < -0.3 is 16.2 Å². The predicted molar refractivity (Wildman–Crippen MR) is 95.1 cm³/mol. The molecule has 0 aliphatic carbocycles. The first-order valence-electron chi connectivity index (χ1n) is 7.67. The lowest BCUT2D eigenvalue weighted by Crippen LogP contribution is -2.47. The van der Waals surface area contributed by atoms with Crippen LogP contribution in [0.5, 0.6) is 0 Å². The van der Waals surface area contributed by atoms with Crippen LogP contribution in [0.3, 0.4) is 0 Å². The molecular formula is C16H24ClN3O2S. The van der Waals surface area contributed by atoms with E-state index in [1.807, 2.05) is 13.2 Å². The molecule has 2 heterocycles. The Balaban J connectivity index is 2.33. The van der Waals surface area contributed by atoms with Gasteiger partial charge in [-0.2, -0.15) is 0 Å².